The average molecular weight is 2560 g/mol. The van der Waals surface area contributed by atoms with Gasteiger partial charge >= 0.3 is 30.0 Å². The molecule has 27 atom stereocenters. The van der Waals surface area contributed by atoms with E-state index < -0.39 is 192 Å². The Labute approximate surface area is 877 Å². The van der Waals surface area contributed by atoms with Crippen molar-refractivity contribution in [2.75, 3.05) is 25.0 Å². The Morgan fingerprint density at radius 2 is 0.965 bits per heavy atom. The summed E-state index contributed by atoms with van der Waals surface area (Å²) in [4.78, 5) is 125. The summed E-state index contributed by atoms with van der Waals surface area (Å²) in [5.41, 5.74) is 30.0. The number of carboxylic acid groups (broad SMARTS) is 4. The molecule has 39 nitrogen and oxygen atoms in total. The summed E-state index contributed by atoms with van der Waals surface area (Å²) in [6, 6.07) is 15.2. The van der Waals surface area contributed by atoms with E-state index in [4.69, 9.17) is 63.7 Å². The molecule has 3 saturated carbocycles. The molecule has 3 aliphatic heterocycles. The van der Waals surface area contributed by atoms with Crippen LogP contribution in [-0.2, 0) is 111 Å². The van der Waals surface area contributed by atoms with Crippen LogP contribution in [0.25, 0.3) is 74.0 Å². The number of carbonyl (C=O) groups is 6. The molecule has 28 N–H and O–H groups in total. The molecule has 2 aromatic carbocycles. The molecule has 4 aliphatic carbocycles. The number of phenolic OH excluding ortho intramolecular Hbond substituents is 1. The second-order valence-electron chi connectivity index (χ2n) is 40.6. The van der Waals surface area contributed by atoms with E-state index in [9.17, 15) is 115 Å². The third-order valence-corrected chi connectivity index (χ3v) is 25.9. The SMILES string of the molecule is C.C.CC(C(=O)O)C(CC(C)(C)C)C(=O)[N-]C1C(O)CC(CO)C(O)C1O.CCC1OC(O)C(CC(=[OH+])C(CC(C)(C)C)C(C(=O)O)C(C)(C)CC(C(=O)O)C(C)C(=O)NCCNC(=S)Nc2ccc(-c3c4ccc(=O)cc-4oc4cc(O)ccc34)cc2)C(O)C1O.CCC1OC(O)C(CC(=[OH+])C(CC(C)(C)C)C(C)C(=O)O)C(O)C1O.O=C=O.[NH-][C@H]1CCCC[C@@H]1[NH-].[NH-][C@H]1CCCC[C@@H]1[NH-].[NH2-].[NH2-].[Pt].[Pt].[Pt]. The number of thiocarbonyl (C=S) groups is 1. The van der Waals surface area contributed by atoms with E-state index in [2.05, 4.69) is 21.3 Å². The first-order valence-corrected chi connectivity index (χ1v) is 46.4. The molecule has 7 aliphatic rings. The number of ether oxygens (including phenoxy) is 2. The number of aromatic hydroxyl groups is 1. The van der Waals surface area contributed by atoms with Crippen molar-refractivity contribution >= 4 is 87.4 Å². The zero-order valence-electron chi connectivity index (χ0n) is 82.0. The maximum absolute atomic E-state index is 13.4. The smallest absolute Gasteiger partial charge is 0.373 e. The number of anilines is 1. The van der Waals surface area contributed by atoms with Crippen LogP contribution in [0.2, 0.25) is 0 Å². The van der Waals surface area contributed by atoms with Crippen LogP contribution in [0.15, 0.2) is 69.9 Å². The topological polar surface area (TPSA) is 744 Å². The molecule has 5 fully saturated rings. The second kappa shape index (κ2) is 64.6. The molecule has 43 heteroatoms. The number of nitrogens with one attached hydrogen (secondary N) is 7. The number of aliphatic hydroxyl groups excluding tert-OH is 10. The van der Waals surface area contributed by atoms with Crippen molar-refractivity contribution in [2.45, 2.75) is 333 Å². The van der Waals surface area contributed by atoms with Crippen molar-refractivity contribution in [3.63, 3.8) is 0 Å². The molecule has 0 aromatic heterocycles. The Hall–Kier alpha value is -6.50. The summed E-state index contributed by atoms with van der Waals surface area (Å²) in [6.07, 6.45) is -4.05. The summed E-state index contributed by atoms with van der Waals surface area (Å²) < 4.78 is 16.8. The van der Waals surface area contributed by atoms with Gasteiger partial charge in [-0.3, -0.25) is 38.4 Å². The van der Waals surface area contributed by atoms with Gasteiger partial charge in [-0.05, 0) is 121 Å². The fraction of sp³-hybridized carbons (Fsp3) is 0.704. The third-order valence-electron chi connectivity index (χ3n) is 25.6. The first-order valence-electron chi connectivity index (χ1n) is 46.0. The van der Waals surface area contributed by atoms with Gasteiger partial charge in [-0.15, -0.1) is 0 Å². The molecule has 3 heterocycles. The number of amides is 2. The zero-order valence-corrected chi connectivity index (χ0v) is 89.6. The molecule has 2 amide bonds. The quantitative estimate of drug-likeness (QED) is 0.00963. The summed E-state index contributed by atoms with van der Waals surface area (Å²) in [7, 11) is 0. The van der Waals surface area contributed by atoms with Gasteiger partial charge in [-0.25, -0.2) is 0 Å². The van der Waals surface area contributed by atoms with Crippen LogP contribution in [0.3, 0.4) is 0 Å². The van der Waals surface area contributed by atoms with Crippen LogP contribution in [-0.4, -0.2) is 262 Å². The van der Waals surface area contributed by atoms with E-state index in [-0.39, 0.29) is 211 Å². The average Bonchev–Trinajstić information content (AvgIpc) is 0.752. The predicted molar refractivity (Wildman–Crippen MR) is 530 cm³/mol. The van der Waals surface area contributed by atoms with E-state index in [1.165, 1.54) is 64.7 Å². The maximum atomic E-state index is 13.4. The van der Waals surface area contributed by atoms with Crippen LogP contribution in [0.5, 0.6) is 5.75 Å². The molecule has 818 valence electrons. The molecule has 0 radical (unpaired) electrons. The van der Waals surface area contributed by atoms with Gasteiger partial charge < -0.3 is 152 Å². The standard InChI is InChI=1S/C48H61N3O13S.C18H32O7.C17H31NO7.2C6H12N2.CO2.2CH4.2H2N.3Pt/c1-8-35-41(56)40(55)31(45(62)64-35)21-34(54)33(22-47(3,4)5)39(44(60)61)48(6,7)23-32(43(58)59)24(2)42(57)49-17-18-50-46(65)51-26-11-9-25(10-12-26)38-29-15-13-27(52)19-36(29)63-37-20-28(53)14-16-30(37)38;1-6-13-15(21)14(20)10(17(24)25-13)7-12(19)11(8-18(3,4)5)9(2)16(22)23;1-8(16(24)25)10(6-17(2,3)4)15(23)18-12-11(20)5-9(7-19)13(21)14(12)22;2*7-5-3-1-2-4-6(5)8;2-1-3;;;;;;;/h9-16,19-20,24,31-33,35,39-41,45,52,55-56,62H,8,17-18,21-23H2,1-7H3,(H,49,57)(H,58,59)(H,60,61)(H2,50,51,65);9-11,13-15,17,20-21,24H,6-8H2,1-5H3,(H,22,23);8-14,19-22H,5-7H2,1-4H3,(H2,18,23,24,25);2*5-8H,1-4H2;;2*1H4;2*1H2;;;/q;;;2*-2;;;;2*-1;;;/p+1/t;;;2*5-,6-;;;;;;;;/m...00......../s1. The molecular formula is C98H161N10O29Pt3S-5. The van der Waals surface area contributed by atoms with Gasteiger partial charge in [0.1, 0.15) is 29.3 Å². The number of aliphatic carboxylic acids is 4. The number of hydrogen-bond acceptors (Lipinski definition) is 24. The molecule has 23 unspecified atom stereocenters. The van der Waals surface area contributed by atoms with Gasteiger partial charge in [-0.2, -0.15) is 33.8 Å². The fourth-order valence-electron chi connectivity index (χ4n) is 17.9. The minimum atomic E-state index is -1.54. The number of phenols is 1. The number of aliphatic hydroxyl groups is 10. The summed E-state index contributed by atoms with van der Waals surface area (Å²) in [5.74, 6) is -17.0. The Morgan fingerprint density at radius 1 is 0.546 bits per heavy atom. The van der Waals surface area contributed by atoms with Crippen molar-refractivity contribution in [2.24, 2.45) is 86.8 Å². The van der Waals surface area contributed by atoms with E-state index in [1.807, 2.05) is 86.6 Å². The number of benzene rings is 3. The van der Waals surface area contributed by atoms with Gasteiger partial charge in [0.15, 0.2) is 23.1 Å². The Balaban J connectivity index is -0.00000101. The van der Waals surface area contributed by atoms with Gasteiger partial charge in [-0.1, -0.05) is 195 Å². The van der Waals surface area contributed by atoms with Crippen molar-refractivity contribution in [1.29, 1.82) is 0 Å². The normalized spacial score (nSPS) is 25.8. The van der Waals surface area contributed by atoms with E-state index >= 15 is 0 Å². The molecule has 141 heavy (non-hydrogen) atoms. The Morgan fingerprint density at radius 3 is 1.37 bits per heavy atom. The van der Waals surface area contributed by atoms with E-state index in [0.717, 1.165) is 47.8 Å². The number of ketones is 2. The third kappa shape index (κ3) is 43.5. The monoisotopic (exact) mass is 2560 g/mol. The van der Waals surface area contributed by atoms with Crippen LogP contribution < -0.4 is 21.4 Å². The first kappa shape index (κ1) is 141. The Bertz CT molecular complexity index is 4400. The number of nitrogens with zero attached hydrogens (tertiary/aromatic N) is 1. The van der Waals surface area contributed by atoms with Crippen molar-refractivity contribution < 1.29 is 202 Å². The predicted octanol–water partition coefficient (Wildman–Crippen LogP) is 13.8. The first-order chi connectivity index (χ1) is 62.2. The molecular weight excluding hydrogens is 2400 g/mol. The number of fused-ring (bicyclic) bond motifs is 2. The number of carboxylic acids is 4. The maximum Gasteiger partial charge on any atom is 0.373 e. The molecule has 0 bridgehead atoms. The van der Waals surface area contributed by atoms with Crippen molar-refractivity contribution in [3.8, 4) is 28.2 Å². The molecule has 9 rings (SSSR count). The van der Waals surface area contributed by atoms with Crippen LogP contribution in [0.1, 0.15) is 235 Å². The van der Waals surface area contributed by atoms with Crippen molar-refractivity contribution in [1.82, 2.24) is 10.6 Å². The van der Waals surface area contributed by atoms with E-state index in [0.29, 0.717) is 36.3 Å². The number of carbonyl (C=O) groups excluding carboxylic acids is 6. The van der Waals surface area contributed by atoms with Crippen LogP contribution >= 0.6 is 12.2 Å². The fourth-order valence-corrected chi connectivity index (χ4v) is 18.1. The van der Waals surface area contributed by atoms with Crippen molar-refractivity contribution in [3.05, 3.63) is 111 Å². The Kier molecular flexibility index (Phi) is 64.5. The molecule has 2 saturated heterocycles. The van der Waals surface area contributed by atoms with Crippen LogP contribution in [0.4, 0.5) is 5.69 Å². The minimum absolute atomic E-state index is 0. The summed E-state index contributed by atoms with van der Waals surface area (Å²) in [5, 5.41) is 166. The molecule has 2 aromatic rings. The largest absolute Gasteiger partial charge is 0.693 e. The van der Waals surface area contributed by atoms with Gasteiger partial charge in [0.25, 0.3) is 11.6 Å². The van der Waals surface area contributed by atoms with E-state index in [1.54, 1.807) is 45.9 Å². The minimum Gasteiger partial charge on any atom is -0.693 e. The zero-order chi connectivity index (χ0) is 102. The van der Waals surface area contributed by atoms with Gasteiger partial charge in [0, 0.05) is 141 Å². The number of hydrogen-bond donors (Lipinski definition) is 18. The number of rotatable bonds is 31. The second-order valence-corrected chi connectivity index (χ2v) is 41.0. The van der Waals surface area contributed by atoms with Gasteiger partial charge in [0.2, 0.25) is 5.91 Å². The summed E-state index contributed by atoms with van der Waals surface area (Å²) in [6.45, 7) is 28.0. The summed E-state index contributed by atoms with van der Waals surface area (Å²) >= 11 is 5.48. The van der Waals surface area contributed by atoms with Gasteiger partial charge in [0.05, 0.1) is 103 Å². The molecule has 0 spiro atoms. The number of nitrogens with two attached hydrogens (primary N) is 2. The van der Waals surface area contributed by atoms with Crippen LogP contribution in [0, 0.1) is 86.8 Å².